The van der Waals surface area contributed by atoms with Crippen molar-refractivity contribution in [1.29, 1.82) is 0 Å². The van der Waals surface area contributed by atoms with Crippen molar-refractivity contribution in [3.05, 3.63) is 0 Å². The number of hydrogen-bond donors (Lipinski definition) is 2. The van der Waals surface area contributed by atoms with Crippen LogP contribution in [0.2, 0.25) is 0 Å². The summed E-state index contributed by atoms with van der Waals surface area (Å²) in [6.07, 6.45) is 3.31. The molecule has 1 rings (SSSR count). The Morgan fingerprint density at radius 1 is 1.25 bits per heavy atom. The summed E-state index contributed by atoms with van der Waals surface area (Å²) in [6, 6.07) is 0. The van der Waals surface area contributed by atoms with Gasteiger partial charge in [-0.1, -0.05) is 12.8 Å². The van der Waals surface area contributed by atoms with Crippen molar-refractivity contribution < 1.29 is 9.90 Å². The molecule has 1 aliphatic rings. The van der Waals surface area contributed by atoms with E-state index in [9.17, 15) is 4.79 Å². The quantitative estimate of drug-likeness (QED) is 0.346. The first-order chi connectivity index (χ1) is 5.72. The number of carboxylic acid groups (broad SMARTS) is 1. The van der Waals surface area contributed by atoms with Crippen LogP contribution in [0.25, 0.3) is 0 Å². The lowest BCUT2D eigenvalue weighted by Gasteiger charge is -2.26. The molecule has 0 bridgehead atoms. The topological polar surface area (TPSA) is 69.8 Å². The summed E-state index contributed by atoms with van der Waals surface area (Å²) < 4.78 is 0. The summed E-state index contributed by atoms with van der Waals surface area (Å²) in [4.78, 5) is 10.5. The van der Waals surface area contributed by atoms with Gasteiger partial charge in [0.1, 0.15) is 0 Å². The maximum Gasteiger partial charge on any atom is 0.436 e. The summed E-state index contributed by atoms with van der Waals surface area (Å²) in [6.45, 7) is 1.51. The third-order valence-electron chi connectivity index (χ3n) is 2.08. The average Bonchev–Trinajstić information content (AvgIpc) is 2.30. The molecule has 0 aliphatic carbocycles. The molecule has 0 radical (unpaired) electrons. The summed E-state index contributed by atoms with van der Waals surface area (Å²) in [5, 5.41) is 11.1. The normalized spacial score (nSPS) is 20.1. The van der Waals surface area contributed by atoms with Crippen molar-refractivity contribution in [1.82, 2.24) is 10.1 Å². The van der Waals surface area contributed by atoms with Gasteiger partial charge in [-0.3, -0.25) is 0 Å². The monoisotopic (exact) mass is 173 g/mol. The third-order valence-corrected chi connectivity index (χ3v) is 2.08. The highest BCUT2D eigenvalue weighted by molar-refractivity contribution is 5.63. The number of nitrogens with two attached hydrogens (primary N) is 1. The highest BCUT2D eigenvalue weighted by Gasteiger charge is 2.17. The van der Waals surface area contributed by atoms with Gasteiger partial charge in [-0.15, -0.1) is 0 Å². The molecule has 0 aromatic carbocycles. The Hall–Kier alpha value is -0.810. The minimum atomic E-state index is -1.09. The van der Waals surface area contributed by atoms with Gasteiger partial charge in [0.2, 0.25) is 0 Å². The van der Waals surface area contributed by atoms with Gasteiger partial charge in [-0.25, -0.2) is 15.6 Å². The fourth-order valence-corrected chi connectivity index (χ4v) is 1.39. The molecule has 0 atom stereocenters. The fourth-order valence-electron chi connectivity index (χ4n) is 1.39. The molecule has 5 nitrogen and oxygen atoms in total. The summed E-state index contributed by atoms with van der Waals surface area (Å²) in [7, 11) is 0. The molecule has 70 valence electrons. The predicted molar refractivity (Wildman–Crippen MR) is 44.1 cm³/mol. The Bertz CT molecular complexity index is 155. The average molecular weight is 173 g/mol. The van der Waals surface area contributed by atoms with Gasteiger partial charge < -0.3 is 5.11 Å². The van der Waals surface area contributed by atoms with E-state index in [1.165, 1.54) is 12.8 Å². The molecule has 1 fully saturated rings. The van der Waals surface area contributed by atoms with Crippen LogP contribution in [0, 0.1) is 0 Å². The number of carbonyl (C=O) groups is 1. The first-order valence-electron chi connectivity index (χ1n) is 4.24. The highest BCUT2D eigenvalue weighted by atomic mass is 16.4. The molecule has 0 aromatic rings. The van der Waals surface area contributed by atoms with E-state index >= 15 is 0 Å². The van der Waals surface area contributed by atoms with E-state index in [-0.39, 0.29) is 0 Å². The number of amides is 1. The molecule has 12 heavy (non-hydrogen) atoms. The van der Waals surface area contributed by atoms with Gasteiger partial charge in [0.15, 0.2) is 0 Å². The van der Waals surface area contributed by atoms with Crippen LogP contribution in [0.1, 0.15) is 25.7 Å². The van der Waals surface area contributed by atoms with Gasteiger partial charge in [0, 0.05) is 13.1 Å². The van der Waals surface area contributed by atoms with Gasteiger partial charge in [0.05, 0.1) is 0 Å². The number of hydrazine groups is 2. The van der Waals surface area contributed by atoms with Crippen molar-refractivity contribution in [2.75, 3.05) is 13.1 Å². The van der Waals surface area contributed by atoms with Gasteiger partial charge in [-0.05, 0) is 12.8 Å². The van der Waals surface area contributed by atoms with Crippen LogP contribution in [-0.4, -0.2) is 34.4 Å². The molecule has 5 heteroatoms. The van der Waals surface area contributed by atoms with Crippen molar-refractivity contribution in [2.45, 2.75) is 25.7 Å². The molecular weight excluding hydrogens is 158 g/mol. The van der Waals surface area contributed by atoms with Crippen LogP contribution in [0.15, 0.2) is 0 Å². The van der Waals surface area contributed by atoms with Gasteiger partial charge in [-0.2, -0.15) is 5.12 Å². The molecule has 0 saturated carbocycles. The summed E-state index contributed by atoms with van der Waals surface area (Å²) in [5.74, 6) is 5.32. The Labute approximate surface area is 71.7 Å². The van der Waals surface area contributed by atoms with Crippen molar-refractivity contribution in [2.24, 2.45) is 5.84 Å². The van der Waals surface area contributed by atoms with E-state index in [1.54, 1.807) is 5.01 Å². The molecule has 0 unspecified atom stereocenters. The van der Waals surface area contributed by atoms with Crippen molar-refractivity contribution in [3.63, 3.8) is 0 Å². The smallest absolute Gasteiger partial charge is 0.436 e. The van der Waals surface area contributed by atoms with Crippen LogP contribution in [0.5, 0.6) is 0 Å². The minimum absolute atomic E-state index is 0.753. The molecule has 0 spiro atoms. The zero-order valence-corrected chi connectivity index (χ0v) is 7.07. The van der Waals surface area contributed by atoms with E-state index < -0.39 is 6.09 Å². The first-order valence-corrected chi connectivity index (χ1v) is 4.24. The standard InChI is InChI=1S/C7H15N3O2/c8-10(7(11)12)9-5-3-1-2-4-6-9/h1-6,8H2,(H,11,12). The van der Waals surface area contributed by atoms with Crippen molar-refractivity contribution in [3.8, 4) is 0 Å². The molecule has 1 saturated heterocycles. The Morgan fingerprint density at radius 2 is 1.75 bits per heavy atom. The molecule has 1 amide bonds. The summed E-state index contributed by atoms with van der Waals surface area (Å²) in [5.41, 5.74) is 0. The van der Waals surface area contributed by atoms with Crippen LogP contribution >= 0.6 is 0 Å². The van der Waals surface area contributed by atoms with E-state index in [0.29, 0.717) is 0 Å². The van der Waals surface area contributed by atoms with Gasteiger partial charge in [0.25, 0.3) is 0 Å². The maximum absolute atomic E-state index is 10.5. The number of hydrogen-bond acceptors (Lipinski definition) is 3. The molecule has 1 heterocycles. The maximum atomic E-state index is 10.5. The molecule has 0 aromatic heterocycles. The zero-order chi connectivity index (χ0) is 8.97. The predicted octanol–water partition coefficient (Wildman–Crippen LogP) is 0.631. The van der Waals surface area contributed by atoms with E-state index in [1.807, 2.05) is 0 Å². The molecular formula is C7H15N3O2. The Kier molecular flexibility index (Phi) is 3.31. The van der Waals surface area contributed by atoms with E-state index in [0.717, 1.165) is 31.0 Å². The Balaban J connectivity index is 2.42. The lowest BCUT2D eigenvalue weighted by atomic mass is 10.2. The molecule has 3 N–H and O–H groups in total. The SMILES string of the molecule is NN(C(=O)O)N1CCCCCC1. The van der Waals surface area contributed by atoms with Crippen molar-refractivity contribution >= 4 is 6.09 Å². The van der Waals surface area contributed by atoms with E-state index in [4.69, 9.17) is 10.9 Å². The third kappa shape index (κ3) is 2.35. The number of nitrogens with zero attached hydrogens (tertiary/aromatic N) is 2. The fraction of sp³-hybridized carbons (Fsp3) is 0.857. The highest BCUT2D eigenvalue weighted by Crippen LogP contribution is 2.09. The van der Waals surface area contributed by atoms with Crippen LogP contribution in [0.3, 0.4) is 0 Å². The van der Waals surface area contributed by atoms with E-state index in [2.05, 4.69) is 0 Å². The second-order valence-corrected chi connectivity index (χ2v) is 3.00. The second-order valence-electron chi connectivity index (χ2n) is 3.00. The number of rotatable bonds is 1. The zero-order valence-electron chi connectivity index (χ0n) is 7.07. The lowest BCUT2D eigenvalue weighted by Crippen LogP contribution is -2.50. The minimum Gasteiger partial charge on any atom is -0.463 e. The van der Waals surface area contributed by atoms with Crippen LogP contribution in [0.4, 0.5) is 4.79 Å². The lowest BCUT2D eigenvalue weighted by molar-refractivity contribution is -0.00788. The largest absolute Gasteiger partial charge is 0.463 e. The molecule has 1 aliphatic heterocycles. The summed E-state index contributed by atoms with van der Waals surface area (Å²) >= 11 is 0. The first kappa shape index (κ1) is 9.28. The van der Waals surface area contributed by atoms with Gasteiger partial charge >= 0.3 is 6.09 Å². The van der Waals surface area contributed by atoms with Crippen LogP contribution in [-0.2, 0) is 0 Å². The Morgan fingerprint density at radius 3 is 2.17 bits per heavy atom. The second kappa shape index (κ2) is 4.27. The van der Waals surface area contributed by atoms with Crippen LogP contribution < -0.4 is 5.84 Å².